The van der Waals surface area contributed by atoms with Crippen molar-refractivity contribution in [2.24, 2.45) is 0 Å². The number of oxazole rings is 1. The number of hydrogen-bond donors (Lipinski definition) is 2. The summed E-state index contributed by atoms with van der Waals surface area (Å²) in [4.78, 5) is 49.2. The Bertz CT molecular complexity index is 1540. The van der Waals surface area contributed by atoms with Crippen LogP contribution in [0.3, 0.4) is 0 Å². The Labute approximate surface area is 276 Å². The lowest BCUT2D eigenvalue weighted by molar-refractivity contribution is -0.121. The lowest BCUT2D eigenvalue weighted by atomic mass is 10.1. The molecule has 1 aromatic carbocycles. The molecule has 256 valence electrons. The number of carbonyl (C=O) groups is 2. The second-order valence-electron chi connectivity index (χ2n) is 11.7. The van der Waals surface area contributed by atoms with Gasteiger partial charge in [-0.1, -0.05) is 11.9 Å². The highest BCUT2D eigenvalue weighted by atomic mass is 32.2. The maximum absolute atomic E-state index is 12.7. The molecule has 2 aromatic heterocycles. The van der Waals surface area contributed by atoms with Crippen LogP contribution in [0.1, 0.15) is 43.7 Å². The van der Waals surface area contributed by atoms with E-state index >= 15 is 0 Å². The van der Waals surface area contributed by atoms with Gasteiger partial charge < -0.3 is 29.5 Å². The van der Waals surface area contributed by atoms with E-state index in [1.54, 1.807) is 0 Å². The Hall–Kier alpha value is -3.76. The molecule has 0 radical (unpaired) electrons. The first-order valence-corrected chi connectivity index (χ1v) is 16.9. The summed E-state index contributed by atoms with van der Waals surface area (Å²) < 4.78 is 38.2. The van der Waals surface area contributed by atoms with Crippen molar-refractivity contribution in [3.05, 3.63) is 40.6 Å². The van der Waals surface area contributed by atoms with Crippen molar-refractivity contribution >= 4 is 46.9 Å². The van der Waals surface area contributed by atoms with Gasteiger partial charge in [-0.05, 0) is 50.8 Å². The number of benzene rings is 1. The third-order valence-electron chi connectivity index (χ3n) is 8.61. The first-order chi connectivity index (χ1) is 22.7. The van der Waals surface area contributed by atoms with Crippen LogP contribution in [0.2, 0.25) is 0 Å². The number of aromatic nitrogens is 3. The number of piperidine rings is 1. The van der Waals surface area contributed by atoms with Gasteiger partial charge in [0.25, 0.3) is 0 Å². The summed E-state index contributed by atoms with van der Waals surface area (Å²) in [6.45, 7) is 5.63. The Morgan fingerprint density at radius 2 is 1.87 bits per heavy atom. The Kier molecular flexibility index (Phi) is 12.0. The van der Waals surface area contributed by atoms with Crippen molar-refractivity contribution in [1.82, 2.24) is 29.1 Å². The van der Waals surface area contributed by atoms with E-state index in [-0.39, 0.29) is 30.5 Å². The number of aldehydes is 1. The van der Waals surface area contributed by atoms with Crippen molar-refractivity contribution < 1.29 is 27.5 Å². The van der Waals surface area contributed by atoms with Gasteiger partial charge in [-0.25, -0.2) is 14.8 Å². The number of anilines is 2. The van der Waals surface area contributed by atoms with Crippen molar-refractivity contribution in [2.75, 3.05) is 68.8 Å². The molecule has 1 unspecified atom stereocenters. The predicted molar refractivity (Wildman–Crippen MR) is 176 cm³/mol. The van der Waals surface area contributed by atoms with E-state index < -0.39 is 18.4 Å². The molecule has 1 atom stereocenters. The number of amides is 1. The van der Waals surface area contributed by atoms with Gasteiger partial charge in [-0.15, -0.1) is 0 Å². The van der Waals surface area contributed by atoms with Gasteiger partial charge in [0.05, 0.1) is 24.0 Å². The topological polar surface area (TPSA) is 138 Å². The third-order valence-corrected chi connectivity index (χ3v) is 9.81. The predicted octanol–water partition coefficient (Wildman–Crippen LogP) is 3.30. The highest BCUT2D eigenvalue weighted by Crippen LogP contribution is 2.29. The molecule has 2 aliphatic heterocycles. The average molecular weight is 677 g/mol. The monoisotopic (exact) mass is 676 g/mol. The lowest BCUT2D eigenvalue weighted by Crippen LogP contribution is -2.47. The average Bonchev–Trinajstić information content (AvgIpc) is 3.38. The third kappa shape index (κ3) is 9.20. The molecule has 2 aliphatic rings. The molecule has 13 nitrogen and oxygen atoms in total. The van der Waals surface area contributed by atoms with E-state index in [1.807, 2.05) is 31.0 Å². The number of rotatable bonds is 15. The van der Waals surface area contributed by atoms with Crippen molar-refractivity contribution in [2.45, 2.75) is 57.7 Å². The number of nitrogens with one attached hydrogen (secondary N) is 2. The second kappa shape index (κ2) is 16.4. The number of nitrogens with zero attached hydrogens (tertiary/aromatic N) is 6. The highest BCUT2D eigenvalue weighted by Gasteiger charge is 2.24. The molecule has 2 saturated heterocycles. The van der Waals surface area contributed by atoms with Crippen LogP contribution >= 0.6 is 11.9 Å². The zero-order valence-electron chi connectivity index (χ0n) is 26.7. The molecular weight excluding hydrogens is 634 g/mol. The lowest BCUT2D eigenvalue weighted by Gasteiger charge is -2.37. The molecule has 0 spiro atoms. The van der Waals surface area contributed by atoms with Gasteiger partial charge in [-0.2, -0.15) is 8.78 Å². The minimum Gasteiger partial charge on any atom is -0.432 e. The summed E-state index contributed by atoms with van der Waals surface area (Å²) in [6, 6.07) is 3.25. The molecule has 5 rings (SSSR count). The fourth-order valence-electron chi connectivity index (χ4n) is 6.05. The van der Waals surface area contributed by atoms with E-state index in [9.17, 15) is 23.2 Å². The molecule has 4 heterocycles. The molecular formula is C31H42F2N8O5S. The number of ether oxygens (including phenoxy) is 1. The van der Waals surface area contributed by atoms with E-state index in [0.29, 0.717) is 23.3 Å². The zero-order chi connectivity index (χ0) is 33.3. The number of fused-ring (bicyclic) bond motifs is 1. The van der Waals surface area contributed by atoms with Gasteiger partial charge in [0, 0.05) is 76.3 Å². The van der Waals surface area contributed by atoms with E-state index in [0.717, 1.165) is 82.1 Å². The molecule has 16 heteroatoms. The molecule has 3 aromatic rings. The summed E-state index contributed by atoms with van der Waals surface area (Å²) in [5, 5.41) is 5.82. The quantitative estimate of drug-likeness (QED) is 0.139. The minimum absolute atomic E-state index is 0.0580. The first-order valence-electron chi connectivity index (χ1n) is 15.9. The number of aryl methyl sites for hydroxylation is 1. The zero-order valence-corrected chi connectivity index (χ0v) is 27.5. The SMILES string of the molecule is CNC(=O)CCC(C=O)n1c(=O)oc2cc(N3CCN(CCCSN4CCC(Nc5ncc(OC(F)F)cn5)CC4)CC3)c(C)cc21. The molecule has 0 saturated carbocycles. The molecule has 2 fully saturated rings. The second-order valence-corrected chi connectivity index (χ2v) is 12.9. The summed E-state index contributed by atoms with van der Waals surface area (Å²) in [5.41, 5.74) is 3.01. The van der Waals surface area contributed by atoms with Crippen LogP contribution < -0.4 is 26.0 Å². The Morgan fingerprint density at radius 1 is 1.15 bits per heavy atom. The van der Waals surface area contributed by atoms with Crippen LogP contribution in [-0.4, -0.2) is 107 Å². The van der Waals surface area contributed by atoms with Crippen LogP contribution in [0.4, 0.5) is 20.4 Å². The number of carbonyl (C=O) groups excluding carboxylic acids is 2. The van der Waals surface area contributed by atoms with Crippen LogP contribution in [-0.2, 0) is 9.59 Å². The van der Waals surface area contributed by atoms with Crippen LogP contribution in [0.5, 0.6) is 5.75 Å². The van der Waals surface area contributed by atoms with Crippen molar-refractivity contribution in [3.63, 3.8) is 0 Å². The smallest absolute Gasteiger partial charge is 0.420 e. The number of halogens is 2. The standard InChI is InChI=1S/C31H42F2N8O5S/c1-21-16-26-27(46-31(44)41(26)23(20-42)4-5-28(43)34-2)17-25(21)39-13-11-38(12-14-39)8-3-15-47-40-9-6-22(7-10-40)37-30-35-18-24(19-36-30)45-29(32)33/h16-20,22-23,29H,3-15H2,1-2H3,(H,34,43)(H,35,36,37). The summed E-state index contributed by atoms with van der Waals surface area (Å²) >= 11 is 1.88. The van der Waals surface area contributed by atoms with E-state index in [1.165, 1.54) is 24.0 Å². The van der Waals surface area contributed by atoms with Crippen LogP contribution in [0, 0.1) is 6.92 Å². The minimum atomic E-state index is -2.89. The maximum Gasteiger partial charge on any atom is 0.420 e. The van der Waals surface area contributed by atoms with Gasteiger partial charge in [-0.3, -0.25) is 18.6 Å². The summed E-state index contributed by atoms with van der Waals surface area (Å²) in [7, 11) is 1.54. The maximum atomic E-state index is 12.7. The number of piperazine rings is 1. The van der Waals surface area contributed by atoms with Crippen molar-refractivity contribution in [3.8, 4) is 5.75 Å². The van der Waals surface area contributed by atoms with Gasteiger partial charge in [0.1, 0.15) is 6.29 Å². The highest BCUT2D eigenvalue weighted by molar-refractivity contribution is 7.97. The van der Waals surface area contributed by atoms with Gasteiger partial charge in [0.2, 0.25) is 11.9 Å². The van der Waals surface area contributed by atoms with Gasteiger partial charge in [0.15, 0.2) is 11.3 Å². The number of hydrogen-bond acceptors (Lipinski definition) is 12. The Balaban J connectivity index is 1.02. The molecule has 0 bridgehead atoms. The summed E-state index contributed by atoms with van der Waals surface area (Å²) in [5.74, 6) is 0.612. The van der Waals surface area contributed by atoms with E-state index in [4.69, 9.17) is 4.42 Å². The Morgan fingerprint density at radius 3 is 2.53 bits per heavy atom. The fraction of sp³-hybridized carbons (Fsp3) is 0.581. The first kappa shape index (κ1) is 34.6. The molecule has 0 aliphatic carbocycles. The van der Waals surface area contributed by atoms with E-state index in [2.05, 4.69) is 39.4 Å². The fourth-order valence-corrected chi connectivity index (χ4v) is 7.04. The van der Waals surface area contributed by atoms with Crippen LogP contribution in [0.25, 0.3) is 11.1 Å². The molecule has 2 N–H and O–H groups in total. The molecule has 47 heavy (non-hydrogen) atoms. The van der Waals surface area contributed by atoms with Gasteiger partial charge >= 0.3 is 12.4 Å². The largest absolute Gasteiger partial charge is 0.432 e. The molecule has 1 amide bonds. The normalized spacial score (nSPS) is 17.3. The number of alkyl halides is 2. The van der Waals surface area contributed by atoms with Crippen LogP contribution in [0.15, 0.2) is 33.7 Å². The van der Waals surface area contributed by atoms with Crippen molar-refractivity contribution in [1.29, 1.82) is 0 Å². The summed E-state index contributed by atoms with van der Waals surface area (Å²) in [6.07, 6.45) is 6.52.